The van der Waals surface area contributed by atoms with Gasteiger partial charge >= 0.3 is 18.0 Å². The number of rotatable bonds is 11. The van der Waals surface area contributed by atoms with Crippen LogP contribution in [0.3, 0.4) is 0 Å². The molecule has 1 aromatic heterocycles. The molecule has 0 aromatic carbocycles. The summed E-state index contributed by atoms with van der Waals surface area (Å²) in [5, 5.41) is 2.53. The second-order valence-corrected chi connectivity index (χ2v) is 11.1. The molecule has 2 fully saturated rings. The zero-order chi connectivity index (χ0) is 30.3. The van der Waals surface area contributed by atoms with Gasteiger partial charge in [-0.3, -0.25) is 4.79 Å². The van der Waals surface area contributed by atoms with Crippen molar-refractivity contribution >= 4 is 24.1 Å². The van der Waals surface area contributed by atoms with Crippen LogP contribution in [0.25, 0.3) is 6.08 Å². The normalized spacial score (nSPS) is 27.2. The minimum atomic E-state index is -0.513. The summed E-state index contributed by atoms with van der Waals surface area (Å²) in [4.78, 5) is 40.8. The number of aryl methyl sites for hydroxylation is 1. The van der Waals surface area contributed by atoms with Crippen LogP contribution in [0, 0.1) is 5.92 Å². The van der Waals surface area contributed by atoms with Crippen LogP contribution in [-0.2, 0) is 39.7 Å². The number of carbonyl (C=O) groups is 3. The molecule has 2 aliphatic heterocycles. The van der Waals surface area contributed by atoms with Crippen LogP contribution >= 0.6 is 0 Å². The molecule has 3 heterocycles. The Bertz CT molecular complexity index is 1050. The number of aromatic nitrogens is 1. The highest BCUT2D eigenvalue weighted by molar-refractivity contribution is 5.82. The van der Waals surface area contributed by atoms with Crippen LogP contribution in [0.4, 0.5) is 4.79 Å². The number of allylic oxidation sites excluding steroid dienone is 1. The van der Waals surface area contributed by atoms with Crippen molar-refractivity contribution in [3.63, 3.8) is 0 Å². The van der Waals surface area contributed by atoms with Gasteiger partial charge in [-0.25, -0.2) is 14.6 Å². The van der Waals surface area contributed by atoms with Crippen LogP contribution in [0.1, 0.15) is 83.2 Å². The summed E-state index contributed by atoms with van der Waals surface area (Å²) < 4.78 is 33.5. The smallest absolute Gasteiger partial charge is 0.407 e. The van der Waals surface area contributed by atoms with Crippen LogP contribution in [0.2, 0.25) is 0 Å². The second-order valence-electron chi connectivity index (χ2n) is 11.1. The van der Waals surface area contributed by atoms with Crippen molar-refractivity contribution in [2.24, 2.45) is 5.92 Å². The van der Waals surface area contributed by atoms with Gasteiger partial charge in [0.25, 0.3) is 0 Å². The zero-order valence-electron chi connectivity index (χ0n) is 25.3. The van der Waals surface area contributed by atoms with Gasteiger partial charge in [-0.05, 0) is 44.1 Å². The Kier molecular flexibility index (Phi) is 14.0. The fraction of sp³-hybridized carbons (Fsp3) is 0.677. The lowest BCUT2D eigenvalue weighted by Crippen LogP contribution is -2.41. The van der Waals surface area contributed by atoms with Gasteiger partial charge < -0.3 is 33.4 Å². The molecule has 3 rings (SSSR count). The molecule has 234 valence electrons. The first-order chi connectivity index (χ1) is 20.3. The van der Waals surface area contributed by atoms with E-state index in [1.807, 2.05) is 0 Å². The van der Waals surface area contributed by atoms with Crippen molar-refractivity contribution in [1.29, 1.82) is 0 Å². The standard InChI is InChI=1S/C31H46N2O9/c1-5-9-23-16-24(37-3)14-21(2)15-25-17-26(18-27(40-25)19-30(35)41-23)42-29(34)12-7-6-10-22-20-39-28(33-22)11-8-13-32-31(36)38-4/h7-8,11-12,20-21,23-27H,5-6,9-10,13-19H2,1-4H3,(H,32,36)/b11-8-,12-7-/t21-,23-,24-,25-,26+,27-/m0/s1. The minimum absolute atomic E-state index is 0.0116. The molecule has 11 nitrogen and oxygen atoms in total. The van der Waals surface area contributed by atoms with Crippen LogP contribution < -0.4 is 5.32 Å². The van der Waals surface area contributed by atoms with E-state index >= 15 is 0 Å². The average Bonchev–Trinajstić information content (AvgIpc) is 3.39. The van der Waals surface area contributed by atoms with Crippen molar-refractivity contribution in [3.05, 3.63) is 36.1 Å². The third-order valence-corrected chi connectivity index (χ3v) is 7.41. The van der Waals surface area contributed by atoms with E-state index in [9.17, 15) is 14.4 Å². The summed E-state index contributed by atoms with van der Waals surface area (Å²) in [6, 6.07) is 0. The van der Waals surface area contributed by atoms with Gasteiger partial charge in [-0.2, -0.15) is 0 Å². The van der Waals surface area contributed by atoms with Gasteiger partial charge in [0.2, 0.25) is 5.89 Å². The molecule has 1 aromatic rings. The molecule has 0 aliphatic carbocycles. The third kappa shape index (κ3) is 12.0. The largest absolute Gasteiger partial charge is 0.462 e. The highest BCUT2D eigenvalue weighted by atomic mass is 16.6. The summed E-state index contributed by atoms with van der Waals surface area (Å²) >= 11 is 0. The van der Waals surface area contributed by atoms with Crippen molar-refractivity contribution in [2.75, 3.05) is 20.8 Å². The Hall–Kier alpha value is -3.18. The number of esters is 2. The number of nitrogens with zero attached hydrogens (tertiary/aromatic N) is 1. The van der Waals surface area contributed by atoms with Gasteiger partial charge in [-0.15, -0.1) is 0 Å². The molecule has 1 N–H and O–H groups in total. The lowest BCUT2D eigenvalue weighted by molar-refractivity contribution is -0.168. The van der Waals surface area contributed by atoms with Crippen LogP contribution in [-0.4, -0.2) is 74.3 Å². The highest BCUT2D eigenvalue weighted by Gasteiger charge is 2.35. The van der Waals surface area contributed by atoms with Crippen molar-refractivity contribution in [2.45, 2.75) is 109 Å². The quantitative estimate of drug-likeness (QED) is 0.215. The average molecular weight is 591 g/mol. The van der Waals surface area contributed by atoms with Crippen LogP contribution in [0.15, 0.2) is 28.9 Å². The lowest BCUT2D eigenvalue weighted by atomic mass is 9.89. The number of nitrogens with one attached hydrogen (secondary N) is 1. The summed E-state index contributed by atoms with van der Waals surface area (Å²) in [6.07, 6.45) is 13.1. The molecular formula is C31H46N2O9. The van der Waals surface area contributed by atoms with E-state index in [0.29, 0.717) is 50.5 Å². The van der Waals surface area contributed by atoms with Gasteiger partial charge in [0.1, 0.15) is 18.5 Å². The number of carbonyl (C=O) groups excluding carboxylic acids is 3. The van der Waals surface area contributed by atoms with E-state index in [1.165, 1.54) is 13.2 Å². The number of fused-ring (bicyclic) bond motifs is 2. The molecule has 2 aliphatic rings. The molecule has 11 heteroatoms. The molecule has 0 saturated carbocycles. The number of hydrogen-bond donors (Lipinski definition) is 1. The first-order valence-electron chi connectivity index (χ1n) is 15.0. The molecule has 0 unspecified atom stereocenters. The number of hydrogen-bond acceptors (Lipinski definition) is 10. The Morgan fingerprint density at radius 3 is 2.67 bits per heavy atom. The third-order valence-electron chi connectivity index (χ3n) is 7.41. The zero-order valence-corrected chi connectivity index (χ0v) is 25.3. The molecule has 0 spiro atoms. The number of cyclic esters (lactones) is 1. The Balaban J connectivity index is 1.49. The highest BCUT2D eigenvalue weighted by Crippen LogP contribution is 2.31. The first kappa shape index (κ1) is 33.3. The topological polar surface area (TPSA) is 135 Å². The number of amides is 1. The summed E-state index contributed by atoms with van der Waals surface area (Å²) in [7, 11) is 3.01. The maximum absolute atomic E-state index is 12.8. The van der Waals surface area contributed by atoms with Gasteiger partial charge in [0.15, 0.2) is 0 Å². The van der Waals surface area contributed by atoms with E-state index in [1.54, 1.807) is 31.6 Å². The van der Waals surface area contributed by atoms with Gasteiger partial charge in [0, 0.05) is 39.0 Å². The predicted octanol–water partition coefficient (Wildman–Crippen LogP) is 4.93. The van der Waals surface area contributed by atoms with E-state index < -0.39 is 12.1 Å². The lowest BCUT2D eigenvalue weighted by Gasteiger charge is -2.37. The first-order valence-corrected chi connectivity index (χ1v) is 15.0. The Morgan fingerprint density at radius 2 is 1.90 bits per heavy atom. The maximum atomic E-state index is 12.8. The number of ether oxygens (including phenoxy) is 5. The minimum Gasteiger partial charge on any atom is -0.462 e. The SMILES string of the molecule is CCC[C@H]1C[C@@H](OC)C[C@H](C)C[C@H]2C[C@@H](OC(=O)/C=C\CCc3coc(/C=C\CNC(=O)OC)n3)C[C@@H](CC(=O)O1)O2. The van der Waals surface area contributed by atoms with E-state index in [0.717, 1.165) is 31.4 Å². The summed E-state index contributed by atoms with van der Waals surface area (Å²) in [5.41, 5.74) is 0.745. The van der Waals surface area contributed by atoms with Gasteiger partial charge in [-0.1, -0.05) is 32.4 Å². The monoisotopic (exact) mass is 590 g/mol. The molecule has 42 heavy (non-hydrogen) atoms. The number of methoxy groups -OCH3 is 2. The van der Waals surface area contributed by atoms with E-state index in [2.05, 4.69) is 28.9 Å². The summed E-state index contributed by atoms with van der Waals surface area (Å²) in [6.45, 7) is 4.56. The van der Waals surface area contributed by atoms with E-state index in [4.69, 9.17) is 23.4 Å². The molecule has 2 saturated heterocycles. The fourth-order valence-corrected chi connectivity index (χ4v) is 5.49. The molecule has 1 amide bonds. The predicted molar refractivity (Wildman–Crippen MR) is 154 cm³/mol. The van der Waals surface area contributed by atoms with Crippen LogP contribution in [0.5, 0.6) is 0 Å². The van der Waals surface area contributed by atoms with E-state index in [-0.39, 0.29) is 42.9 Å². The summed E-state index contributed by atoms with van der Waals surface area (Å²) in [5.74, 6) is 0.0697. The second kappa shape index (κ2) is 17.7. The molecule has 6 atom stereocenters. The molecular weight excluding hydrogens is 544 g/mol. The Labute approximate surface area is 248 Å². The van der Waals surface area contributed by atoms with Crippen molar-refractivity contribution in [3.8, 4) is 0 Å². The van der Waals surface area contributed by atoms with Gasteiger partial charge in [0.05, 0.1) is 37.5 Å². The number of alkyl carbamates (subject to hydrolysis) is 1. The van der Waals surface area contributed by atoms with Crippen molar-refractivity contribution in [1.82, 2.24) is 10.3 Å². The fourth-order valence-electron chi connectivity index (χ4n) is 5.49. The number of oxazole rings is 1. The van der Waals surface area contributed by atoms with Crippen molar-refractivity contribution < 1.29 is 42.5 Å². The maximum Gasteiger partial charge on any atom is 0.407 e. The molecule has 0 radical (unpaired) electrons. The Morgan fingerprint density at radius 1 is 1.10 bits per heavy atom. The molecule has 2 bridgehead atoms.